The van der Waals surface area contributed by atoms with Crippen molar-refractivity contribution in [1.29, 1.82) is 0 Å². The molecular formula is C68H40BN5OS2. The van der Waals surface area contributed by atoms with Gasteiger partial charge in [0.05, 0.1) is 82.7 Å². The van der Waals surface area contributed by atoms with Gasteiger partial charge in [-0.3, -0.25) is 0 Å². The minimum atomic E-state index is -0.138. The van der Waals surface area contributed by atoms with Gasteiger partial charge in [-0.25, -0.2) is 0 Å². The Morgan fingerprint density at radius 2 is 0.688 bits per heavy atom. The monoisotopic (exact) mass is 1020 g/mol. The molecule has 0 unspecified atom stereocenters. The second-order valence-corrected chi connectivity index (χ2v) is 23.4. The summed E-state index contributed by atoms with van der Waals surface area (Å²) in [5.74, 6) is 1.78. The second-order valence-electron chi connectivity index (χ2n) is 21.3. The Morgan fingerprint density at radius 1 is 0.338 bits per heavy atom. The molecule has 358 valence electrons. The van der Waals surface area contributed by atoms with E-state index in [1.165, 1.54) is 147 Å². The largest absolute Gasteiger partial charge is 0.458 e. The van der Waals surface area contributed by atoms with Crippen molar-refractivity contribution in [2.75, 3.05) is 9.80 Å². The summed E-state index contributed by atoms with van der Waals surface area (Å²) < 4.78 is 15.3. The van der Waals surface area contributed by atoms with Crippen molar-refractivity contribution in [1.82, 2.24) is 13.7 Å². The van der Waals surface area contributed by atoms with E-state index in [-0.39, 0.29) is 6.71 Å². The molecule has 0 amide bonds. The number of ether oxygens (including phenoxy) is 1. The third-order valence-corrected chi connectivity index (χ3v) is 19.5. The molecule has 0 aliphatic carbocycles. The zero-order chi connectivity index (χ0) is 50.1. The van der Waals surface area contributed by atoms with Crippen LogP contribution >= 0.6 is 23.5 Å². The number of aryl methyl sites for hydroxylation is 2. The van der Waals surface area contributed by atoms with Gasteiger partial charge in [-0.1, -0.05) is 145 Å². The van der Waals surface area contributed by atoms with Gasteiger partial charge in [-0.2, -0.15) is 0 Å². The molecule has 6 nitrogen and oxygen atoms in total. The molecule has 19 rings (SSSR count). The van der Waals surface area contributed by atoms with Crippen molar-refractivity contribution in [2.24, 2.45) is 0 Å². The molecule has 0 N–H and O–H groups in total. The molecule has 11 aromatic carbocycles. The zero-order valence-corrected chi connectivity index (χ0v) is 43.3. The molecule has 0 atom stereocenters. The Bertz CT molecular complexity index is 4690. The van der Waals surface area contributed by atoms with Crippen molar-refractivity contribution in [3.63, 3.8) is 0 Å². The summed E-state index contributed by atoms with van der Waals surface area (Å²) in [6.45, 7) is 4.30. The Morgan fingerprint density at radius 3 is 1.06 bits per heavy atom. The minimum Gasteiger partial charge on any atom is -0.458 e. The van der Waals surface area contributed by atoms with Crippen LogP contribution in [0.5, 0.6) is 11.5 Å². The Balaban J connectivity index is 1.01. The molecule has 0 saturated heterocycles. The van der Waals surface area contributed by atoms with E-state index in [2.05, 4.69) is 244 Å². The van der Waals surface area contributed by atoms with E-state index in [9.17, 15) is 0 Å². The van der Waals surface area contributed by atoms with Crippen LogP contribution in [0.1, 0.15) is 11.1 Å². The maximum Gasteiger partial charge on any atom is 0.262 e. The van der Waals surface area contributed by atoms with E-state index in [4.69, 9.17) is 4.74 Å². The van der Waals surface area contributed by atoms with Crippen LogP contribution in [-0.2, 0) is 0 Å². The van der Waals surface area contributed by atoms with Crippen LogP contribution < -0.4 is 30.9 Å². The van der Waals surface area contributed by atoms with Gasteiger partial charge in [0, 0.05) is 65.6 Å². The molecule has 0 radical (unpaired) electrons. The maximum absolute atomic E-state index is 7.81. The molecule has 0 saturated carbocycles. The van der Waals surface area contributed by atoms with Gasteiger partial charge in [0.15, 0.2) is 0 Å². The lowest BCUT2D eigenvalue weighted by Crippen LogP contribution is -2.64. The van der Waals surface area contributed by atoms with Gasteiger partial charge >= 0.3 is 0 Å². The van der Waals surface area contributed by atoms with E-state index in [0.29, 0.717) is 0 Å². The Labute approximate surface area is 451 Å². The molecule has 77 heavy (non-hydrogen) atoms. The lowest BCUT2D eigenvalue weighted by atomic mass is 9.32. The minimum absolute atomic E-state index is 0.138. The SMILES string of the molecule is Cc1ccc2c(c1)Sc1c(-n3c4ccccc4c4ccccc43)cc3c4c1N2c1cc(-n2c5ccccc5c5ccccc52)cc2c1B4c1c(cc(-n4c5ccccc5c5ccccc54)c4c1N2c1ccc(C)cc1S4)O3. The smallest absolute Gasteiger partial charge is 0.262 e. The summed E-state index contributed by atoms with van der Waals surface area (Å²) >= 11 is 3.81. The van der Waals surface area contributed by atoms with Gasteiger partial charge < -0.3 is 28.2 Å². The van der Waals surface area contributed by atoms with E-state index in [1.807, 2.05) is 23.5 Å². The fourth-order valence-electron chi connectivity index (χ4n) is 14.2. The first-order chi connectivity index (χ1) is 38.0. The van der Waals surface area contributed by atoms with Crippen molar-refractivity contribution in [2.45, 2.75) is 33.4 Å². The average molecular weight is 1020 g/mol. The summed E-state index contributed by atoms with van der Waals surface area (Å²) in [5, 5.41) is 7.41. The number of benzene rings is 11. The zero-order valence-electron chi connectivity index (χ0n) is 41.7. The first kappa shape index (κ1) is 41.3. The van der Waals surface area contributed by atoms with Gasteiger partial charge in [-0.05, 0) is 114 Å². The van der Waals surface area contributed by atoms with Crippen LogP contribution in [0, 0.1) is 13.8 Å². The van der Waals surface area contributed by atoms with E-state index < -0.39 is 0 Å². The summed E-state index contributed by atoms with van der Waals surface area (Å²) in [5.41, 5.74) is 23.7. The van der Waals surface area contributed by atoms with Crippen LogP contribution in [0.3, 0.4) is 0 Å². The van der Waals surface area contributed by atoms with Gasteiger partial charge in [0.1, 0.15) is 11.5 Å². The molecule has 14 aromatic rings. The highest BCUT2D eigenvalue weighted by Gasteiger charge is 2.53. The quantitative estimate of drug-likeness (QED) is 0.165. The topological polar surface area (TPSA) is 30.5 Å². The number of hydrogen-bond donors (Lipinski definition) is 0. The molecule has 5 aliphatic rings. The predicted molar refractivity (Wildman–Crippen MR) is 321 cm³/mol. The normalized spacial score (nSPS) is 14.0. The lowest BCUT2D eigenvalue weighted by Gasteiger charge is -2.50. The molecule has 0 spiro atoms. The van der Waals surface area contributed by atoms with E-state index in [1.54, 1.807) is 0 Å². The molecule has 0 fully saturated rings. The summed E-state index contributed by atoms with van der Waals surface area (Å²) in [4.78, 5) is 10.2. The van der Waals surface area contributed by atoms with E-state index in [0.717, 1.165) is 28.6 Å². The number of hydrogen-bond acceptors (Lipinski definition) is 5. The second kappa shape index (κ2) is 14.5. The standard InChI is InChI=1S/C68H40BN5OS2/c1-37-27-29-52-60(31-37)76-67-56(71-48-23-11-5-17-42(48)43-18-6-12-24-49(43)71)35-58-63-65(67)73(52)54-33-39(70-46-21-9-3-15-40(46)41-16-4-10-22-47(41)70)34-55-62(54)69(63)64-59(75-58)36-57(68-66(64)74(55)53-30-28-38(2)32-61(53)77-68)72-50-25-13-7-19-44(50)45-20-8-14-26-51(45)72/h3-36H,1-2H3. The van der Waals surface area contributed by atoms with Crippen LogP contribution in [0.4, 0.5) is 34.1 Å². The number of rotatable bonds is 3. The van der Waals surface area contributed by atoms with Crippen LogP contribution in [-0.4, -0.2) is 20.4 Å². The van der Waals surface area contributed by atoms with E-state index >= 15 is 0 Å². The number of para-hydroxylation sites is 6. The molecular weight excluding hydrogens is 978 g/mol. The molecule has 3 aromatic heterocycles. The number of aromatic nitrogens is 3. The van der Waals surface area contributed by atoms with Crippen LogP contribution in [0.15, 0.2) is 226 Å². The summed E-state index contributed by atoms with van der Waals surface area (Å²) in [6.07, 6.45) is 0. The third-order valence-electron chi connectivity index (χ3n) is 17.2. The van der Waals surface area contributed by atoms with Crippen LogP contribution in [0.25, 0.3) is 82.5 Å². The first-order valence-corrected chi connectivity index (χ1v) is 28.1. The van der Waals surface area contributed by atoms with Crippen molar-refractivity contribution >= 4 is 146 Å². The van der Waals surface area contributed by atoms with Crippen molar-refractivity contribution < 1.29 is 4.74 Å². The van der Waals surface area contributed by atoms with Gasteiger partial charge in [-0.15, -0.1) is 0 Å². The Kier molecular flexibility index (Phi) is 7.75. The third kappa shape index (κ3) is 5.12. The summed E-state index contributed by atoms with van der Waals surface area (Å²) in [6, 6.07) is 77.3. The number of anilines is 6. The van der Waals surface area contributed by atoms with Crippen molar-refractivity contribution in [3.8, 4) is 28.6 Å². The highest BCUT2D eigenvalue weighted by atomic mass is 32.2. The number of nitrogens with zero attached hydrogens (tertiary/aromatic N) is 5. The van der Waals surface area contributed by atoms with Crippen LogP contribution in [0.2, 0.25) is 0 Å². The molecule has 8 heterocycles. The highest BCUT2D eigenvalue weighted by Crippen LogP contribution is 2.62. The summed E-state index contributed by atoms with van der Waals surface area (Å²) in [7, 11) is 0. The maximum atomic E-state index is 7.81. The molecule has 5 aliphatic heterocycles. The highest BCUT2D eigenvalue weighted by molar-refractivity contribution is 8.00. The molecule has 9 heteroatoms. The fraction of sp³-hybridized carbons (Fsp3) is 0.0294. The number of fused-ring (bicyclic) bond motifs is 15. The average Bonchev–Trinajstić information content (AvgIpc) is 4.25. The fourth-order valence-corrected chi connectivity index (χ4v) is 16.8. The Hall–Kier alpha value is -9.02. The predicted octanol–water partition coefficient (Wildman–Crippen LogP) is 16.7. The first-order valence-electron chi connectivity index (χ1n) is 26.4. The molecule has 0 bridgehead atoms. The van der Waals surface area contributed by atoms with Crippen molar-refractivity contribution in [3.05, 3.63) is 217 Å². The lowest BCUT2D eigenvalue weighted by molar-refractivity contribution is 0.486. The van der Waals surface area contributed by atoms with Gasteiger partial charge in [0.25, 0.3) is 6.71 Å². The van der Waals surface area contributed by atoms with Gasteiger partial charge in [0.2, 0.25) is 0 Å².